The molecule has 1 heterocycles. The first-order valence-corrected chi connectivity index (χ1v) is 4.41. The van der Waals surface area contributed by atoms with Crippen molar-refractivity contribution in [3.63, 3.8) is 0 Å². The number of anilines is 1. The van der Waals surface area contributed by atoms with Crippen molar-refractivity contribution in [2.45, 2.75) is 6.42 Å². The van der Waals surface area contributed by atoms with Crippen LogP contribution in [0.25, 0.3) is 0 Å². The minimum atomic E-state index is -0.843. The van der Waals surface area contributed by atoms with Crippen molar-refractivity contribution in [3.8, 4) is 0 Å². The van der Waals surface area contributed by atoms with E-state index in [1.807, 2.05) is 0 Å². The van der Waals surface area contributed by atoms with Gasteiger partial charge < -0.3 is 10.4 Å². The van der Waals surface area contributed by atoms with Crippen LogP contribution in [0.2, 0.25) is 0 Å². The lowest BCUT2D eigenvalue weighted by Gasteiger charge is -2.01. The van der Waals surface area contributed by atoms with Gasteiger partial charge in [0.05, 0.1) is 10.9 Å². The summed E-state index contributed by atoms with van der Waals surface area (Å²) in [7, 11) is 0. The number of rotatable bonds is 4. The van der Waals surface area contributed by atoms with Gasteiger partial charge in [0, 0.05) is 18.9 Å². The number of nitrogens with one attached hydrogen (secondary N) is 1. The van der Waals surface area contributed by atoms with Gasteiger partial charge in [-0.05, 0) is 15.9 Å². The first-order valence-electron chi connectivity index (χ1n) is 3.61. The molecule has 0 bridgehead atoms. The summed E-state index contributed by atoms with van der Waals surface area (Å²) in [6.07, 6.45) is 3.24. The summed E-state index contributed by atoms with van der Waals surface area (Å²) in [6, 6.07) is 0. The third-order valence-corrected chi connectivity index (χ3v) is 1.65. The van der Waals surface area contributed by atoms with Crippen LogP contribution in [0.1, 0.15) is 6.42 Å². The Hall–Kier alpha value is -1.17. The minimum Gasteiger partial charge on any atom is -0.481 e. The van der Waals surface area contributed by atoms with Crippen LogP contribution in [0.15, 0.2) is 16.9 Å². The zero-order chi connectivity index (χ0) is 9.68. The van der Waals surface area contributed by atoms with E-state index < -0.39 is 5.97 Å². The molecule has 0 amide bonds. The molecule has 0 fully saturated rings. The Bertz CT molecular complexity index is 288. The molecule has 5 nitrogen and oxygen atoms in total. The van der Waals surface area contributed by atoms with Crippen molar-refractivity contribution in [3.05, 3.63) is 16.9 Å². The molecular weight excluding hydrogens is 238 g/mol. The van der Waals surface area contributed by atoms with E-state index in [0.29, 0.717) is 12.5 Å². The zero-order valence-corrected chi connectivity index (χ0v) is 8.28. The number of hydrogen-bond donors (Lipinski definition) is 2. The summed E-state index contributed by atoms with van der Waals surface area (Å²) in [5.41, 5.74) is 0. The van der Waals surface area contributed by atoms with Crippen LogP contribution < -0.4 is 5.32 Å². The molecule has 6 heteroatoms. The monoisotopic (exact) mass is 245 g/mol. The number of carbonyl (C=O) groups is 1. The van der Waals surface area contributed by atoms with E-state index in [0.717, 1.165) is 4.47 Å². The van der Waals surface area contributed by atoms with Crippen LogP contribution in [0.4, 0.5) is 5.95 Å². The van der Waals surface area contributed by atoms with Gasteiger partial charge >= 0.3 is 5.97 Å². The molecule has 0 aliphatic heterocycles. The number of hydrogen-bond acceptors (Lipinski definition) is 4. The number of halogens is 1. The number of carboxylic acids is 1. The topological polar surface area (TPSA) is 75.1 Å². The lowest BCUT2D eigenvalue weighted by Crippen LogP contribution is -2.09. The summed E-state index contributed by atoms with van der Waals surface area (Å²) < 4.78 is 0.788. The van der Waals surface area contributed by atoms with Gasteiger partial charge in [-0.1, -0.05) is 0 Å². The molecule has 0 saturated heterocycles. The minimum absolute atomic E-state index is 0.0550. The molecular formula is C7H8BrN3O2. The number of carboxylic acid groups (broad SMARTS) is 1. The Balaban J connectivity index is 2.37. The standard InChI is InChI=1S/C7H8BrN3O2/c8-5-3-10-7(11-4-5)9-2-1-6(12)13/h3-4H,1-2H2,(H,12,13)(H,9,10,11). The summed E-state index contributed by atoms with van der Waals surface area (Å²) in [5, 5.41) is 11.1. The molecule has 0 radical (unpaired) electrons. The van der Waals surface area contributed by atoms with Gasteiger partial charge in [0.1, 0.15) is 0 Å². The molecule has 0 aromatic carbocycles. The van der Waals surface area contributed by atoms with E-state index in [9.17, 15) is 4.79 Å². The Morgan fingerprint density at radius 3 is 2.69 bits per heavy atom. The molecule has 2 N–H and O–H groups in total. The number of aliphatic carboxylic acids is 1. The van der Waals surface area contributed by atoms with Gasteiger partial charge in [0.2, 0.25) is 5.95 Å². The molecule has 0 aliphatic rings. The SMILES string of the molecule is O=C(O)CCNc1ncc(Br)cn1. The van der Waals surface area contributed by atoms with Crippen molar-refractivity contribution >= 4 is 27.8 Å². The predicted molar refractivity (Wildman–Crippen MR) is 50.5 cm³/mol. The second kappa shape index (κ2) is 4.76. The Morgan fingerprint density at radius 1 is 1.54 bits per heavy atom. The zero-order valence-electron chi connectivity index (χ0n) is 6.70. The molecule has 0 unspecified atom stereocenters. The molecule has 70 valence electrons. The van der Waals surface area contributed by atoms with Crippen LogP contribution in [-0.2, 0) is 4.79 Å². The summed E-state index contributed by atoms with van der Waals surface area (Å²) in [6.45, 7) is 0.330. The second-order valence-electron chi connectivity index (χ2n) is 2.30. The number of nitrogens with zero attached hydrogens (tertiary/aromatic N) is 2. The third-order valence-electron chi connectivity index (χ3n) is 1.24. The highest BCUT2D eigenvalue weighted by Crippen LogP contribution is 2.06. The van der Waals surface area contributed by atoms with E-state index >= 15 is 0 Å². The van der Waals surface area contributed by atoms with Crippen LogP contribution in [0.3, 0.4) is 0 Å². The maximum Gasteiger partial charge on any atom is 0.305 e. The largest absolute Gasteiger partial charge is 0.481 e. The van der Waals surface area contributed by atoms with E-state index in [-0.39, 0.29) is 6.42 Å². The predicted octanol–water partition coefficient (Wildman–Crippen LogP) is 1.13. The first kappa shape index (κ1) is 9.91. The maximum absolute atomic E-state index is 10.2. The smallest absolute Gasteiger partial charge is 0.305 e. The van der Waals surface area contributed by atoms with Gasteiger partial charge in [0.25, 0.3) is 0 Å². The molecule has 0 saturated carbocycles. The lowest BCUT2D eigenvalue weighted by atomic mass is 10.4. The van der Waals surface area contributed by atoms with E-state index in [1.54, 1.807) is 12.4 Å². The van der Waals surface area contributed by atoms with Crippen LogP contribution in [0, 0.1) is 0 Å². The average molecular weight is 246 g/mol. The molecule has 1 aromatic rings. The van der Waals surface area contributed by atoms with Gasteiger partial charge in [0.15, 0.2) is 0 Å². The van der Waals surface area contributed by atoms with Crippen molar-refractivity contribution in [2.24, 2.45) is 0 Å². The molecule has 0 spiro atoms. The summed E-state index contributed by atoms with van der Waals surface area (Å²) >= 11 is 3.19. The third kappa shape index (κ3) is 3.84. The van der Waals surface area contributed by atoms with Crippen molar-refractivity contribution in [1.29, 1.82) is 0 Å². The Kier molecular flexibility index (Phi) is 3.63. The lowest BCUT2D eigenvalue weighted by molar-refractivity contribution is -0.136. The van der Waals surface area contributed by atoms with E-state index in [1.165, 1.54) is 0 Å². The average Bonchev–Trinajstić information content (AvgIpc) is 2.08. The first-order chi connectivity index (χ1) is 6.18. The van der Waals surface area contributed by atoms with Crippen LogP contribution in [-0.4, -0.2) is 27.6 Å². The normalized spacial score (nSPS) is 9.62. The molecule has 1 rings (SSSR count). The summed E-state index contributed by atoms with van der Waals surface area (Å²) in [4.78, 5) is 18.0. The Labute approximate surface area is 83.3 Å². The van der Waals surface area contributed by atoms with Crippen LogP contribution >= 0.6 is 15.9 Å². The highest BCUT2D eigenvalue weighted by molar-refractivity contribution is 9.10. The van der Waals surface area contributed by atoms with Gasteiger partial charge in [-0.25, -0.2) is 9.97 Å². The Morgan fingerprint density at radius 2 is 2.15 bits per heavy atom. The van der Waals surface area contributed by atoms with Crippen molar-refractivity contribution < 1.29 is 9.90 Å². The molecule has 0 aliphatic carbocycles. The summed E-state index contributed by atoms with van der Waals surface area (Å²) in [5.74, 6) is -0.408. The molecule has 0 atom stereocenters. The van der Waals surface area contributed by atoms with E-state index in [2.05, 4.69) is 31.2 Å². The molecule has 13 heavy (non-hydrogen) atoms. The van der Waals surface area contributed by atoms with Gasteiger partial charge in [-0.15, -0.1) is 0 Å². The second-order valence-corrected chi connectivity index (χ2v) is 3.21. The fourth-order valence-electron chi connectivity index (χ4n) is 0.685. The highest BCUT2D eigenvalue weighted by Gasteiger charge is 1.97. The van der Waals surface area contributed by atoms with E-state index in [4.69, 9.17) is 5.11 Å². The highest BCUT2D eigenvalue weighted by atomic mass is 79.9. The maximum atomic E-state index is 10.2. The van der Waals surface area contributed by atoms with Gasteiger partial charge in [-0.3, -0.25) is 4.79 Å². The molecule has 1 aromatic heterocycles. The fraction of sp³-hybridized carbons (Fsp3) is 0.286. The fourth-order valence-corrected chi connectivity index (χ4v) is 0.890. The van der Waals surface area contributed by atoms with Gasteiger partial charge in [-0.2, -0.15) is 0 Å². The number of aromatic nitrogens is 2. The van der Waals surface area contributed by atoms with Crippen LogP contribution in [0.5, 0.6) is 0 Å². The van der Waals surface area contributed by atoms with Crippen molar-refractivity contribution in [2.75, 3.05) is 11.9 Å². The quantitative estimate of drug-likeness (QED) is 0.832. The van der Waals surface area contributed by atoms with Crippen molar-refractivity contribution in [1.82, 2.24) is 9.97 Å².